The van der Waals surface area contributed by atoms with Crippen LogP contribution in [0, 0.1) is 5.92 Å². The minimum atomic E-state index is 0. The van der Waals surface area contributed by atoms with Gasteiger partial charge >= 0.3 is 0 Å². The van der Waals surface area contributed by atoms with Gasteiger partial charge in [-0.25, -0.2) is 0 Å². The third-order valence-electron chi connectivity index (χ3n) is 5.31. The van der Waals surface area contributed by atoms with Gasteiger partial charge in [0.15, 0.2) is 5.96 Å². The molecule has 1 aromatic rings. The number of hydrogen-bond donors (Lipinski definition) is 2. The van der Waals surface area contributed by atoms with Crippen molar-refractivity contribution in [2.75, 3.05) is 39.3 Å². The van der Waals surface area contributed by atoms with Crippen LogP contribution in [0.1, 0.15) is 38.7 Å². The fourth-order valence-electron chi connectivity index (χ4n) is 3.85. The maximum Gasteiger partial charge on any atom is 0.191 e. The molecule has 1 aromatic carbocycles. The van der Waals surface area contributed by atoms with Crippen LogP contribution < -0.4 is 15.4 Å². The summed E-state index contributed by atoms with van der Waals surface area (Å²) in [6.07, 6.45) is 4.95. The van der Waals surface area contributed by atoms with Gasteiger partial charge in [-0.3, -0.25) is 4.99 Å². The van der Waals surface area contributed by atoms with Gasteiger partial charge in [0.05, 0.1) is 6.54 Å². The van der Waals surface area contributed by atoms with E-state index in [1.807, 2.05) is 6.07 Å². The maximum atomic E-state index is 6.01. The van der Waals surface area contributed by atoms with Crippen molar-refractivity contribution in [1.82, 2.24) is 15.5 Å². The van der Waals surface area contributed by atoms with E-state index in [-0.39, 0.29) is 30.1 Å². The largest absolute Gasteiger partial charge is 0.488 e. The first-order valence-electron chi connectivity index (χ1n) is 10.3. The van der Waals surface area contributed by atoms with E-state index in [4.69, 9.17) is 9.73 Å². The second-order valence-corrected chi connectivity index (χ2v) is 7.44. The molecule has 3 rings (SSSR count). The zero-order chi connectivity index (χ0) is 18.2. The predicted octanol–water partition coefficient (Wildman–Crippen LogP) is 3.29. The number of halogens is 1. The molecule has 2 aliphatic heterocycles. The second-order valence-electron chi connectivity index (χ2n) is 7.44. The number of rotatable bonds is 7. The molecule has 0 aliphatic carbocycles. The van der Waals surface area contributed by atoms with Gasteiger partial charge < -0.3 is 20.3 Å². The smallest absolute Gasteiger partial charge is 0.191 e. The number of nitrogens with zero attached hydrogens (tertiary/aromatic N) is 2. The van der Waals surface area contributed by atoms with E-state index in [0.29, 0.717) is 5.92 Å². The first kappa shape index (κ1) is 22.3. The summed E-state index contributed by atoms with van der Waals surface area (Å²) in [7, 11) is 0. The minimum Gasteiger partial charge on any atom is -0.488 e. The summed E-state index contributed by atoms with van der Waals surface area (Å²) >= 11 is 0. The van der Waals surface area contributed by atoms with Crippen molar-refractivity contribution in [2.45, 2.75) is 45.6 Å². The van der Waals surface area contributed by atoms with E-state index in [9.17, 15) is 0 Å². The molecule has 0 saturated carbocycles. The maximum absolute atomic E-state index is 6.01. The van der Waals surface area contributed by atoms with Gasteiger partial charge in [0, 0.05) is 19.5 Å². The Morgan fingerprint density at radius 3 is 2.67 bits per heavy atom. The zero-order valence-corrected chi connectivity index (χ0v) is 19.1. The fraction of sp³-hybridized carbons (Fsp3) is 0.667. The lowest BCUT2D eigenvalue weighted by Gasteiger charge is -2.31. The number of hydrogen-bond acceptors (Lipinski definition) is 3. The fourth-order valence-corrected chi connectivity index (χ4v) is 3.85. The topological polar surface area (TPSA) is 48.9 Å². The molecule has 0 amide bonds. The highest BCUT2D eigenvalue weighted by Crippen LogP contribution is 2.27. The number of nitrogens with one attached hydrogen (secondary N) is 2. The quantitative estimate of drug-likeness (QED) is 0.353. The van der Waals surface area contributed by atoms with Crippen molar-refractivity contribution in [3.05, 3.63) is 29.8 Å². The summed E-state index contributed by atoms with van der Waals surface area (Å²) in [5.41, 5.74) is 1.31. The zero-order valence-electron chi connectivity index (χ0n) is 16.7. The first-order chi connectivity index (χ1) is 12.8. The number of para-hydroxylation sites is 1. The van der Waals surface area contributed by atoms with Crippen molar-refractivity contribution in [3.63, 3.8) is 0 Å². The molecule has 1 unspecified atom stereocenters. The molecule has 0 spiro atoms. The number of benzene rings is 1. The van der Waals surface area contributed by atoms with Crippen LogP contribution in [-0.2, 0) is 6.42 Å². The minimum absolute atomic E-state index is 0. The monoisotopic (exact) mass is 486 g/mol. The highest BCUT2D eigenvalue weighted by molar-refractivity contribution is 14.0. The molecule has 2 heterocycles. The number of fused-ring (bicyclic) bond motifs is 1. The summed E-state index contributed by atoms with van der Waals surface area (Å²) in [5, 5.41) is 6.84. The number of guanidine groups is 1. The summed E-state index contributed by atoms with van der Waals surface area (Å²) in [4.78, 5) is 7.42. The van der Waals surface area contributed by atoms with Crippen LogP contribution in [0.5, 0.6) is 5.75 Å². The van der Waals surface area contributed by atoms with Crippen LogP contribution in [0.25, 0.3) is 0 Å². The van der Waals surface area contributed by atoms with E-state index < -0.39 is 0 Å². The van der Waals surface area contributed by atoms with Gasteiger partial charge in [0.1, 0.15) is 11.9 Å². The molecule has 0 aromatic heterocycles. The summed E-state index contributed by atoms with van der Waals surface area (Å²) in [6, 6.07) is 8.32. The average Bonchev–Trinajstić information content (AvgIpc) is 3.08. The van der Waals surface area contributed by atoms with E-state index in [1.54, 1.807) is 0 Å². The Bertz CT molecular complexity index is 562. The molecule has 0 bridgehead atoms. The average molecular weight is 486 g/mol. The van der Waals surface area contributed by atoms with Crippen molar-refractivity contribution < 1.29 is 4.74 Å². The molecule has 27 heavy (non-hydrogen) atoms. The van der Waals surface area contributed by atoms with Crippen LogP contribution in [-0.4, -0.2) is 56.2 Å². The molecule has 152 valence electrons. The molecular formula is C21H35IN4O. The van der Waals surface area contributed by atoms with Gasteiger partial charge in [-0.2, -0.15) is 0 Å². The van der Waals surface area contributed by atoms with Crippen LogP contribution in [0.4, 0.5) is 0 Å². The molecule has 1 fully saturated rings. The summed E-state index contributed by atoms with van der Waals surface area (Å²) < 4.78 is 6.01. The van der Waals surface area contributed by atoms with Crippen molar-refractivity contribution in [3.8, 4) is 5.75 Å². The third kappa shape index (κ3) is 6.82. The Morgan fingerprint density at radius 1 is 1.19 bits per heavy atom. The van der Waals surface area contributed by atoms with Crippen molar-refractivity contribution >= 4 is 29.9 Å². The molecule has 6 heteroatoms. The van der Waals surface area contributed by atoms with Crippen LogP contribution in [0.3, 0.4) is 0 Å². The molecule has 2 aliphatic rings. The van der Waals surface area contributed by atoms with E-state index in [2.05, 4.69) is 47.6 Å². The van der Waals surface area contributed by atoms with E-state index in [1.165, 1.54) is 44.5 Å². The molecule has 0 radical (unpaired) electrons. The SMILES string of the molecule is CCCN1CCC(CN=C(NCC)NCC2Cc3ccccc3O2)CC1.I. The Morgan fingerprint density at radius 2 is 1.96 bits per heavy atom. The lowest BCUT2D eigenvalue weighted by molar-refractivity contribution is 0.188. The van der Waals surface area contributed by atoms with Gasteiger partial charge in [0.25, 0.3) is 0 Å². The second kappa shape index (κ2) is 11.7. The lowest BCUT2D eigenvalue weighted by Crippen LogP contribution is -2.42. The van der Waals surface area contributed by atoms with E-state index in [0.717, 1.165) is 37.8 Å². The number of piperidine rings is 1. The van der Waals surface area contributed by atoms with Crippen LogP contribution >= 0.6 is 24.0 Å². The Hall–Kier alpha value is -1.02. The highest BCUT2D eigenvalue weighted by Gasteiger charge is 2.22. The number of ether oxygens (including phenoxy) is 1. The normalized spacial score (nSPS) is 20.5. The summed E-state index contributed by atoms with van der Waals surface area (Å²) in [6.45, 7) is 10.7. The van der Waals surface area contributed by atoms with Gasteiger partial charge in [-0.05, 0) is 63.4 Å². The van der Waals surface area contributed by atoms with Gasteiger partial charge in [-0.15, -0.1) is 24.0 Å². The predicted molar refractivity (Wildman–Crippen MR) is 123 cm³/mol. The highest BCUT2D eigenvalue weighted by atomic mass is 127. The van der Waals surface area contributed by atoms with E-state index >= 15 is 0 Å². The Balaban J connectivity index is 0.00000261. The Kier molecular flexibility index (Phi) is 9.68. The van der Waals surface area contributed by atoms with Gasteiger partial charge in [0.2, 0.25) is 0 Å². The van der Waals surface area contributed by atoms with Gasteiger partial charge in [-0.1, -0.05) is 25.1 Å². The molecule has 5 nitrogen and oxygen atoms in total. The van der Waals surface area contributed by atoms with Crippen LogP contribution in [0.2, 0.25) is 0 Å². The molecule has 1 saturated heterocycles. The lowest BCUT2D eigenvalue weighted by atomic mass is 9.97. The number of aliphatic imine (C=N–C) groups is 1. The van der Waals surface area contributed by atoms with Crippen molar-refractivity contribution in [1.29, 1.82) is 0 Å². The molecule has 1 atom stereocenters. The standard InChI is InChI=1S/C21H34N4O.HI/c1-3-11-25-12-9-17(10-13-25)15-23-21(22-4-2)24-16-19-14-18-7-5-6-8-20(18)26-19;/h5-8,17,19H,3-4,9-16H2,1-2H3,(H2,22,23,24);1H. The molecular weight excluding hydrogens is 451 g/mol. The molecule has 2 N–H and O–H groups in total. The van der Waals surface area contributed by atoms with Crippen molar-refractivity contribution in [2.24, 2.45) is 10.9 Å². The van der Waals surface area contributed by atoms with Crippen LogP contribution in [0.15, 0.2) is 29.3 Å². The number of likely N-dealkylation sites (tertiary alicyclic amines) is 1. The summed E-state index contributed by atoms with van der Waals surface area (Å²) in [5.74, 6) is 2.66. The Labute approximate surface area is 181 Å². The first-order valence-corrected chi connectivity index (χ1v) is 10.3. The third-order valence-corrected chi connectivity index (χ3v) is 5.31.